The van der Waals surface area contributed by atoms with E-state index < -0.39 is 17.8 Å². The number of nitrogens with one attached hydrogen (secondary N) is 1. The molecule has 4 rings (SSSR count). The minimum absolute atomic E-state index is 0.0243. The number of hydrogen-bond donors (Lipinski definition) is 1. The van der Waals surface area contributed by atoms with Crippen molar-refractivity contribution in [3.8, 4) is 11.9 Å². The Bertz CT molecular complexity index is 1310. The van der Waals surface area contributed by atoms with Gasteiger partial charge in [-0.15, -0.1) is 5.10 Å². The quantitative estimate of drug-likeness (QED) is 0.477. The van der Waals surface area contributed by atoms with E-state index in [0.717, 1.165) is 12.1 Å². The first-order chi connectivity index (χ1) is 14.7. The Morgan fingerprint density at radius 1 is 1.26 bits per heavy atom. The first-order valence-corrected chi connectivity index (χ1v) is 9.27. The van der Waals surface area contributed by atoms with Crippen LogP contribution in [0.2, 0.25) is 5.02 Å². The van der Waals surface area contributed by atoms with Gasteiger partial charge < -0.3 is 9.73 Å². The number of alkyl halides is 3. The zero-order chi connectivity index (χ0) is 22.3. The maximum Gasteiger partial charge on any atom is 0.416 e. The summed E-state index contributed by atoms with van der Waals surface area (Å²) in [5.41, 5.74) is -0.508. The molecule has 0 aliphatic rings. The van der Waals surface area contributed by atoms with Gasteiger partial charge in [-0.1, -0.05) is 11.6 Å². The third kappa shape index (κ3) is 4.02. The van der Waals surface area contributed by atoms with Crippen molar-refractivity contribution in [3.63, 3.8) is 0 Å². The molecule has 1 atom stereocenters. The van der Waals surface area contributed by atoms with Crippen molar-refractivity contribution in [1.82, 2.24) is 24.7 Å². The van der Waals surface area contributed by atoms with Crippen LogP contribution in [0.1, 0.15) is 35.7 Å². The van der Waals surface area contributed by atoms with E-state index in [4.69, 9.17) is 21.3 Å². The van der Waals surface area contributed by atoms with Gasteiger partial charge >= 0.3 is 6.18 Å². The number of fused-ring (bicyclic) bond motifs is 1. The van der Waals surface area contributed by atoms with Gasteiger partial charge in [0.05, 0.1) is 22.2 Å². The maximum atomic E-state index is 13.0. The highest BCUT2D eigenvalue weighted by Crippen LogP contribution is 2.36. The maximum absolute atomic E-state index is 13.0. The lowest BCUT2D eigenvalue weighted by Crippen LogP contribution is -2.14. The van der Waals surface area contributed by atoms with Gasteiger partial charge in [-0.05, 0) is 38.1 Å². The zero-order valence-electron chi connectivity index (χ0n) is 16.1. The van der Waals surface area contributed by atoms with Crippen LogP contribution in [0.15, 0.2) is 34.9 Å². The second kappa shape index (κ2) is 7.55. The normalized spacial score (nSPS) is 12.7. The third-order valence-corrected chi connectivity index (χ3v) is 4.61. The number of nitriles is 1. The summed E-state index contributed by atoms with van der Waals surface area (Å²) >= 11 is 5.95. The molecule has 12 heteroatoms. The molecule has 0 aliphatic heterocycles. The van der Waals surface area contributed by atoms with Gasteiger partial charge in [0, 0.05) is 6.20 Å². The fourth-order valence-corrected chi connectivity index (χ4v) is 3.18. The van der Waals surface area contributed by atoms with Crippen LogP contribution in [0.4, 0.5) is 19.2 Å². The highest BCUT2D eigenvalue weighted by molar-refractivity contribution is 6.34. The Hall–Kier alpha value is -3.65. The lowest BCUT2D eigenvalue weighted by molar-refractivity contribution is -0.137. The molecule has 3 aromatic heterocycles. The molecule has 0 bridgehead atoms. The highest BCUT2D eigenvalue weighted by Gasteiger charge is 2.32. The summed E-state index contributed by atoms with van der Waals surface area (Å²) in [6.07, 6.45) is -3.14. The van der Waals surface area contributed by atoms with E-state index in [-0.39, 0.29) is 22.1 Å². The van der Waals surface area contributed by atoms with Crippen molar-refractivity contribution in [2.45, 2.75) is 26.1 Å². The molecule has 0 spiro atoms. The molecule has 0 saturated heterocycles. The smallest absolute Gasteiger partial charge is 0.416 e. The van der Waals surface area contributed by atoms with Gasteiger partial charge in [-0.2, -0.15) is 28.1 Å². The average molecular weight is 448 g/mol. The van der Waals surface area contributed by atoms with Crippen molar-refractivity contribution >= 4 is 28.7 Å². The van der Waals surface area contributed by atoms with Crippen LogP contribution in [-0.4, -0.2) is 24.7 Å². The number of hydrogen-bond acceptors (Lipinski definition) is 7. The largest absolute Gasteiger partial charge is 0.422 e. The Morgan fingerprint density at radius 3 is 2.68 bits per heavy atom. The van der Waals surface area contributed by atoms with Crippen LogP contribution in [0, 0.1) is 18.3 Å². The summed E-state index contributed by atoms with van der Waals surface area (Å²) in [5, 5.41) is 16.0. The molecule has 0 saturated carbocycles. The first-order valence-electron chi connectivity index (χ1n) is 8.89. The van der Waals surface area contributed by atoms with Gasteiger partial charge in [0.1, 0.15) is 17.4 Å². The molecule has 0 radical (unpaired) electrons. The highest BCUT2D eigenvalue weighted by atomic mass is 35.5. The molecule has 158 valence electrons. The Morgan fingerprint density at radius 2 is 2.03 bits per heavy atom. The number of nitrogens with zero attached hydrogens (tertiary/aromatic N) is 6. The van der Waals surface area contributed by atoms with Gasteiger partial charge in [0.2, 0.25) is 0 Å². The van der Waals surface area contributed by atoms with Gasteiger partial charge in [0.15, 0.2) is 17.2 Å². The molecular weight excluding hydrogens is 435 g/mol. The van der Waals surface area contributed by atoms with Gasteiger partial charge in [-0.3, -0.25) is 0 Å². The molecule has 8 nitrogen and oxygen atoms in total. The number of benzene rings is 1. The van der Waals surface area contributed by atoms with E-state index in [9.17, 15) is 13.2 Å². The van der Waals surface area contributed by atoms with Crippen LogP contribution in [0.25, 0.3) is 16.9 Å². The molecule has 0 fully saturated rings. The zero-order valence-corrected chi connectivity index (χ0v) is 16.8. The van der Waals surface area contributed by atoms with E-state index in [1.54, 1.807) is 26.0 Å². The standard InChI is InChI=1S/C19H13ClF3N7O/c1-9(17-27-10(2)29-30(17)15-4-3-11(7-24)8-25-15)26-18-28-14-6-12(19(21,22)23)5-13(20)16(14)31-18/h3-6,8-9H,1-2H3,(H,26,28). The van der Waals surface area contributed by atoms with E-state index in [1.807, 2.05) is 6.07 Å². The Kier molecular flexibility index (Phi) is 5.02. The third-order valence-electron chi connectivity index (χ3n) is 4.33. The number of rotatable bonds is 4. The van der Waals surface area contributed by atoms with Crippen LogP contribution < -0.4 is 5.32 Å². The minimum Gasteiger partial charge on any atom is -0.422 e. The SMILES string of the molecule is Cc1nc(C(C)Nc2nc3cc(C(F)(F)F)cc(Cl)c3o2)n(-c2ccc(C#N)cn2)n1. The number of aryl methyl sites for hydroxylation is 1. The Balaban J connectivity index is 1.66. The number of anilines is 1. The van der Waals surface area contributed by atoms with Crippen LogP contribution in [-0.2, 0) is 6.18 Å². The second-order valence-electron chi connectivity index (χ2n) is 6.64. The van der Waals surface area contributed by atoms with E-state index in [2.05, 4.69) is 25.4 Å². The number of aromatic nitrogens is 5. The van der Waals surface area contributed by atoms with E-state index in [0.29, 0.717) is 23.0 Å². The van der Waals surface area contributed by atoms with Crippen LogP contribution >= 0.6 is 11.6 Å². The molecule has 1 N–H and O–H groups in total. The predicted molar refractivity (Wildman–Crippen MR) is 105 cm³/mol. The van der Waals surface area contributed by atoms with Crippen molar-refractivity contribution in [1.29, 1.82) is 5.26 Å². The fraction of sp³-hybridized carbons (Fsp3) is 0.211. The van der Waals surface area contributed by atoms with Crippen LogP contribution in [0.3, 0.4) is 0 Å². The molecule has 3 heterocycles. The number of pyridine rings is 1. The average Bonchev–Trinajstić information content (AvgIpc) is 3.30. The lowest BCUT2D eigenvalue weighted by atomic mass is 10.2. The van der Waals surface area contributed by atoms with Crippen molar-refractivity contribution < 1.29 is 17.6 Å². The van der Waals surface area contributed by atoms with Gasteiger partial charge in [-0.25, -0.2) is 9.97 Å². The summed E-state index contributed by atoms with van der Waals surface area (Å²) in [5.74, 6) is 1.38. The van der Waals surface area contributed by atoms with E-state index in [1.165, 1.54) is 10.9 Å². The van der Waals surface area contributed by atoms with Crippen molar-refractivity contribution in [2.24, 2.45) is 0 Å². The predicted octanol–water partition coefficient (Wildman–Crippen LogP) is 4.83. The molecule has 1 aromatic carbocycles. The first kappa shape index (κ1) is 20.6. The van der Waals surface area contributed by atoms with Gasteiger partial charge in [0.25, 0.3) is 6.01 Å². The molecule has 1 unspecified atom stereocenters. The minimum atomic E-state index is -4.56. The Labute approximate surface area is 178 Å². The summed E-state index contributed by atoms with van der Waals surface area (Å²) in [6.45, 7) is 3.45. The summed E-state index contributed by atoms with van der Waals surface area (Å²) in [6, 6.07) is 6.34. The van der Waals surface area contributed by atoms with E-state index >= 15 is 0 Å². The fourth-order valence-electron chi connectivity index (χ4n) is 2.92. The number of halogens is 4. The van der Waals surface area contributed by atoms with Crippen molar-refractivity contribution in [2.75, 3.05) is 5.32 Å². The molecule has 0 aliphatic carbocycles. The molecular formula is C19H13ClF3N7O. The number of oxazole rings is 1. The monoisotopic (exact) mass is 447 g/mol. The molecule has 31 heavy (non-hydrogen) atoms. The summed E-state index contributed by atoms with van der Waals surface area (Å²) in [7, 11) is 0. The molecule has 0 amide bonds. The summed E-state index contributed by atoms with van der Waals surface area (Å²) in [4.78, 5) is 12.7. The topological polar surface area (TPSA) is 105 Å². The summed E-state index contributed by atoms with van der Waals surface area (Å²) < 4.78 is 46.0. The second-order valence-corrected chi connectivity index (χ2v) is 7.04. The lowest BCUT2D eigenvalue weighted by Gasteiger charge is -2.12. The molecule has 4 aromatic rings. The van der Waals surface area contributed by atoms with Crippen molar-refractivity contribution in [3.05, 3.63) is 58.3 Å². The van der Waals surface area contributed by atoms with Crippen LogP contribution in [0.5, 0.6) is 0 Å².